The highest BCUT2D eigenvalue weighted by Gasteiger charge is 2.32. The summed E-state index contributed by atoms with van der Waals surface area (Å²) in [4.78, 5) is 15.7. The van der Waals surface area contributed by atoms with Gasteiger partial charge in [0.25, 0.3) is 0 Å². The monoisotopic (exact) mass is 284 g/mol. The van der Waals surface area contributed by atoms with E-state index in [1.54, 1.807) is 31.1 Å². The van der Waals surface area contributed by atoms with Crippen molar-refractivity contribution in [2.24, 2.45) is 0 Å². The summed E-state index contributed by atoms with van der Waals surface area (Å²) in [5.74, 6) is -0.236. The minimum absolute atomic E-state index is 0.0740. The number of halogens is 2. The van der Waals surface area contributed by atoms with E-state index >= 15 is 0 Å². The van der Waals surface area contributed by atoms with Crippen LogP contribution in [0.1, 0.15) is 18.4 Å². The van der Waals surface area contributed by atoms with Gasteiger partial charge in [-0.3, -0.25) is 9.69 Å². The van der Waals surface area contributed by atoms with E-state index in [1.807, 2.05) is 4.90 Å². The lowest BCUT2D eigenvalue weighted by Crippen LogP contribution is -2.42. The van der Waals surface area contributed by atoms with E-state index in [0.717, 1.165) is 19.4 Å². The molecule has 1 amide bonds. The number of amides is 1. The first kappa shape index (κ1) is 14.3. The summed E-state index contributed by atoms with van der Waals surface area (Å²) in [6, 6.07) is 4.51. The summed E-state index contributed by atoms with van der Waals surface area (Å²) in [5, 5.41) is 0.419. The zero-order chi connectivity index (χ0) is 14.0. The highest BCUT2D eigenvalue weighted by Crippen LogP contribution is 2.26. The first-order valence-electron chi connectivity index (χ1n) is 6.39. The number of likely N-dealkylation sites (tertiary alicyclic amines) is 1. The van der Waals surface area contributed by atoms with Crippen LogP contribution in [0.5, 0.6) is 0 Å². The molecule has 1 aromatic carbocycles. The van der Waals surface area contributed by atoms with E-state index in [1.165, 1.54) is 6.07 Å². The third kappa shape index (κ3) is 3.07. The van der Waals surface area contributed by atoms with Crippen molar-refractivity contribution < 1.29 is 9.18 Å². The first-order valence-corrected chi connectivity index (χ1v) is 6.76. The van der Waals surface area contributed by atoms with Gasteiger partial charge in [-0.1, -0.05) is 17.7 Å². The molecule has 1 aliphatic heterocycles. The van der Waals surface area contributed by atoms with Crippen molar-refractivity contribution in [2.75, 3.05) is 20.6 Å². The SMILES string of the molecule is CN(C)C(=O)C1CCCN1Cc1c(F)cccc1Cl. The Hall–Kier alpha value is -1.13. The van der Waals surface area contributed by atoms with Crippen LogP contribution in [0.25, 0.3) is 0 Å². The summed E-state index contributed by atoms with van der Waals surface area (Å²) in [7, 11) is 3.49. The summed E-state index contributed by atoms with van der Waals surface area (Å²) in [5.41, 5.74) is 0.475. The summed E-state index contributed by atoms with van der Waals surface area (Å²) in [6.07, 6.45) is 1.78. The minimum atomic E-state index is -0.310. The molecule has 19 heavy (non-hydrogen) atoms. The van der Waals surface area contributed by atoms with Crippen molar-refractivity contribution in [3.8, 4) is 0 Å². The molecular formula is C14H18ClFN2O. The molecule has 0 N–H and O–H groups in total. The van der Waals surface area contributed by atoms with Crippen LogP contribution >= 0.6 is 11.6 Å². The van der Waals surface area contributed by atoms with Crippen molar-refractivity contribution in [1.82, 2.24) is 9.80 Å². The molecule has 0 radical (unpaired) electrons. The summed E-state index contributed by atoms with van der Waals surface area (Å²) < 4.78 is 13.8. The Morgan fingerprint density at radius 3 is 2.89 bits per heavy atom. The van der Waals surface area contributed by atoms with Crippen molar-refractivity contribution >= 4 is 17.5 Å². The number of carbonyl (C=O) groups excluding carboxylic acids is 1. The van der Waals surface area contributed by atoms with Gasteiger partial charge in [0.05, 0.1) is 6.04 Å². The second-order valence-electron chi connectivity index (χ2n) is 5.06. The van der Waals surface area contributed by atoms with Gasteiger partial charge in [0, 0.05) is 31.2 Å². The Labute approximate surface area is 117 Å². The van der Waals surface area contributed by atoms with Crippen molar-refractivity contribution in [2.45, 2.75) is 25.4 Å². The van der Waals surface area contributed by atoms with Crippen molar-refractivity contribution in [3.05, 3.63) is 34.6 Å². The minimum Gasteiger partial charge on any atom is -0.347 e. The second-order valence-corrected chi connectivity index (χ2v) is 5.47. The van der Waals surface area contributed by atoms with Crippen LogP contribution in [0.15, 0.2) is 18.2 Å². The molecular weight excluding hydrogens is 267 g/mol. The third-order valence-electron chi connectivity index (χ3n) is 3.51. The molecule has 3 nitrogen and oxygen atoms in total. The second kappa shape index (κ2) is 5.88. The maximum Gasteiger partial charge on any atom is 0.239 e. The van der Waals surface area contributed by atoms with E-state index < -0.39 is 0 Å². The molecule has 1 fully saturated rings. The molecule has 0 aromatic heterocycles. The lowest BCUT2D eigenvalue weighted by atomic mass is 10.1. The number of nitrogens with zero attached hydrogens (tertiary/aromatic N) is 2. The van der Waals surface area contributed by atoms with Gasteiger partial charge >= 0.3 is 0 Å². The zero-order valence-electron chi connectivity index (χ0n) is 11.2. The van der Waals surface area contributed by atoms with Gasteiger partial charge in [-0.25, -0.2) is 4.39 Å². The average molecular weight is 285 g/mol. The normalized spacial score (nSPS) is 19.7. The van der Waals surface area contributed by atoms with E-state index in [4.69, 9.17) is 11.6 Å². The first-order chi connectivity index (χ1) is 9.00. The molecule has 1 aromatic rings. The molecule has 2 rings (SSSR count). The van der Waals surface area contributed by atoms with Crippen LogP contribution < -0.4 is 0 Å². The number of likely N-dealkylation sites (N-methyl/N-ethyl adjacent to an activating group) is 1. The molecule has 104 valence electrons. The lowest BCUT2D eigenvalue weighted by molar-refractivity contribution is -0.133. The molecule has 5 heteroatoms. The molecule has 1 aliphatic rings. The van der Waals surface area contributed by atoms with E-state index in [-0.39, 0.29) is 17.8 Å². The molecule has 1 atom stereocenters. The van der Waals surface area contributed by atoms with E-state index in [2.05, 4.69) is 0 Å². The Morgan fingerprint density at radius 1 is 1.53 bits per heavy atom. The molecule has 0 aliphatic carbocycles. The Morgan fingerprint density at radius 2 is 2.26 bits per heavy atom. The van der Waals surface area contributed by atoms with Gasteiger partial charge in [-0.2, -0.15) is 0 Å². The van der Waals surface area contributed by atoms with Crippen LogP contribution in [0.3, 0.4) is 0 Å². The molecule has 0 spiro atoms. The van der Waals surface area contributed by atoms with Crippen LogP contribution in [0.4, 0.5) is 4.39 Å². The number of carbonyl (C=O) groups is 1. The largest absolute Gasteiger partial charge is 0.347 e. The quantitative estimate of drug-likeness (QED) is 0.852. The maximum atomic E-state index is 13.8. The van der Waals surface area contributed by atoms with Crippen molar-refractivity contribution in [1.29, 1.82) is 0 Å². The van der Waals surface area contributed by atoms with Gasteiger partial charge in [0.2, 0.25) is 5.91 Å². The predicted octanol–water partition coefficient (Wildman–Crippen LogP) is 2.53. The van der Waals surface area contributed by atoms with Crippen LogP contribution in [0.2, 0.25) is 5.02 Å². The standard InChI is InChI=1S/C14H18ClFN2O/c1-17(2)14(19)13-7-4-8-18(13)9-10-11(15)5-3-6-12(10)16/h3,5-6,13H,4,7-9H2,1-2H3. The highest BCUT2D eigenvalue weighted by molar-refractivity contribution is 6.31. The fourth-order valence-electron chi connectivity index (χ4n) is 2.48. The topological polar surface area (TPSA) is 23.6 Å². The zero-order valence-corrected chi connectivity index (χ0v) is 12.0. The van der Waals surface area contributed by atoms with Gasteiger partial charge in [-0.05, 0) is 31.5 Å². The van der Waals surface area contributed by atoms with Crippen LogP contribution in [-0.4, -0.2) is 42.4 Å². The Balaban J connectivity index is 2.16. The van der Waals surface area contributed by atoms with Gasteiger partial charge < -0.3 is 4.90 Å². The molecule has 1 saturated heterocycles. The highest BCUT2D eigenvalue weighted by atomic mass is 35.5. The van der Waals surface area contributed by atoms with E-state index in [9.17, 15) is 9.18 Å². The number of hydrogen-bond acceptors (Lipinski definition) is 2. The summed E-state index contributed by atoms with van der Waals surface area (Å²) >= 11 is 6.04. The van der Waals surface area contributed by atoms with Crippen LogP contribution in [0, 0.1) is 5.82 Å². The van der Waals surface area contributed by atoms with Crippen LogP contribution in [-0.2, 0) is 11.3 Å². The fraction of sp³-hybridized carbons (Fsp3) is 0.500. The Bertz CT molecular complexity index is 458. The average Bonchev–Trinajstić information content (AvgIpc) is 2.81. The molecule has 0 bridgehead atoms. The fourth-order valence-corrected chi connectivity index (χ4v) is 2.70. The van der Waals surface area contributed by atoms with Gasteiger partial charge in [-0.15, -0.1) is 0 Å². The summed E-state index contributed by atoms with van der Waals surface area (Å²) in [6.45, 7) is 1.19. The van der Waals surface area contributed by atoms with E-state index in [0.29, 0.717) is 17.1 Å². The van der Waals surface area contributed by atoms with Gasteiger partial charge in [0.1, 0.15) is 5.82 Å². The molecule has 1 heterocycles. The molecule has 0 saturated carbocycles. The Kier molecular flexibility index (Phi) is 4.42. The third-order valence-corrected chi connectivity index (χ3v) is 3.87. The van der Waals surface area contributed by atoms with Gasteiger partial charge in [0.15, 0.2) is 0 Å². The number of hydrogen-bond donors (Lipinski definition) is 0. The molecule has 1 unspecified atom stereocenters. The lowest BCUT2D eigenvalue weighted by Gasteiger charge is -2.26. The smallest absolute Gasteiger partial charge is 0.239 e. The number of rotatable bonds is 3. The van der Waals surface area contributed by atoms with Crippen molar-refractivity contribution in [3.63, 3.8) is 0 Å². The predicted molar refractivity (Wildman–Crippen MR) is 73.5 cm³/mol. The maximum absolute atomic E-state index is 13.8. The number of benzene rings is 1.